The van der Waals surface area contributed by atoms with Crippen molar-refractivity contribution in [1.82, 2.24) is 10.0 Å². The molecule has 0 aliphatic carbocycles. The lowest BCUT2D eigenvalue weighted by atomic mass is 10.1. The van der Waals surface area contributed by atoms with Gasteiger partial charge in [-0.05, 0) is 30.2 Å². The van der Waals surface area contributed by atoms with Gasteiger partial charge in [-0.25, -0.2) is 8.42 Å². The SMILES string of the molecule is CC(C)[C@H](NS(=O)(=O)c1ccccc1)C(=O)NCc1ccco1. The second kappa shape index (κ2) is 7.43. The van der Waals surface area contributed by atoms with E-state index >= 15 is 0 Å². The number of rotatable bonds is 7. The Hall–Kier alpha value is -2.12. The van der Waals surface area contributed by atoms with Crippen LogP contribution in [0.15, 0.2) is 58.0 Å². The molecule has 2 aromatic rings. The Balaban J connectivity index is 2.07. The van der Waals surface area contributed by atoms with Gasteiger partial charge in [-0.15, -0.1) is 0 Å². The zero-order valence-electron chi connectivity index (χ0n) is 13.0. The minimum Gasteiger partial charge on any atom is -0.467 e. The van der Waals surface area contributed by atoms with E-state index in [-0.39, 0.29) is 17.4 Å². The van der Waals surface area contributed by atoms with Crippen molar-refractivity contribution >= 4 is 15.9 Å². The van der Waals surface area contributed by atoms with Crippen LogP contribution in [-0.4, -0.2) is 20.4 Å². The summed E-state index contributed by atoms with van der Waals surface area (Å²) in [5.74, 6) is 0.00719. The van der Waals surface area contributed by atoms with Crippen LogP contribution in [0, 0.1) is 5.92 Å². The summed E-state index contributed by atoms with van der Waals surface area (Å²) in [6.45, 7) is 3.78. The molecular formula is C16H20N2O4S. The number of nitrogens with one attached hydrogen (secondary N) is 2. The Labute approximate surface area is 135 Å². The van der Waals surface area contributed by atoms with Crippen molar-refractivity contribution < 1.29 is 17.6 Å². The van der Waals surface area contributed by atoms with Gasteiger partial charge < -0.3 is 9.73 Å². The second-order valence-corrected chi connectivity index (χ2v) is 7.17. The molecule has 0 aliphatic rings. The fourth-order valence-electron chi connectivity index (χ4n) is 2.02. The summed E-state index contributed by atoms with van der Waals surface area (Å²) in [6.07, 6.45) is 1.51. The molecule has 2 N–H and O–H groups in total. The van der Waals surface area contributed by atoms with Crippen molar-refractivity contribution in [2.75, 3.05) is 0 Å². The van der Waals surface area contributed by atoms with E-state index < -0.39 is 22.0 Å². The van der Waals surface area contributed by atoms with Crippen LogP contribution in [0.25, 0.3) is 0 Å². The van der Waals surface area contributed by atoms with E-state index in [1.165, 1.54) is 18.4 Å². The van der Waals surface area contributed by atoms with Crippen LogP contribution in [0.3, 0.4) is 0 Å². The second-order valence-electron chi connectivity index (χ2n) is 5.45. The van der Waals surface area contributed by atoms with E-state index in [2.05, 4.69) is 10.0 Å². The molecule has 0 unspecified atom stereocenters. The zero-order chi connectivity index (χ0) is 16.9. The fraction of sp³-hybridized carbons (Fsp3) is 0.312. The smallest absolute Gasteiger partial charge is 0.241 e. The highest BCUT2D eigenvalue weighted by Crippen LogP contribution is 2.12. The molecule has 1 amide bonds. The molecule has 23 heavy (non-hydrogen) atoms. The van der Waals surface area contributed by atoms with Crippen molar-refractivity contribution in [3.05, 3.63) is 54.5 Å². The van der Waals surface area contributed by atoms with Crippen LogP contribution < -0.4 is 10.0 Å². The van der Waals surface area contributed by atoms with Crippen LogP contribution in [0.1, 0.15) is 19.6 Å². The van der Waals surface area contributed by atoms with Crippen LogP contribution in [0.2, 0.25) is 0 Å². The third-order valence-corrected chi connectivity index (χ3v) is 4.76. The molecule has 124 valence electrons. The standard InChI is InChI=1S/C16H20N2O4S/c1-12(2)15(16(19)17-11-13-7-6-10-22-13)18-23(20,21)14-8-4-3-5-9-14/h3-10,12,15,18H,11H2,1-2H3,(H,17,19)/t15-/m0/s1. The highest BCUT2D eigenvalue weighted by Gasteiger charge is 2.28. The summed E-state index contributed by atoms with van der Waals surface area (Å²) in [5.41, 5.74) is 0. The molecule has 6 nitrogen and oxygen atoms in total. The quantitative estimate of drug-likeness (QED) is 0.808. The summed E-state index contributed by atoms with van der Waals surface area (Å²) < 4.78 is 32.4. The molecule has 0 saturated carbocycles. The van der Waals surface area contributed by atoms with Crippen molar-refractivity contribution in [2.24, 2.45) is 5.92 Å². The first-order valence-corrected chi connectivity index (χ1v) is 8.76. The highest BCUT2D eigenvalue weighted by atomic mass is 32.2. The van der Waals surface area contributed by atoms with Gasteiger partial charge in [0.2, 0.25) is 15.9 Å². The molecule has 0 aliphatic heterocycles. The maximum absolute atomic E-state index is 12.4. The van der Waals surface area contributed by atoms with E-state index in [1.807, 2.05) is 0 Å². The lowest BCUT2D eigenvalue weighted by Gasteiger charge is -2.21. The number of carbonyl (C=O) groups is 1. The average Bonchev–Trinajstić information content (AvgIpc) is 3.04. The normalized spacial score (nSPS) is 13.0. The van der Waals surface area contributed by atoms with Crippen molar-refractivity contribution in [3.63, 3.8) is 0 Å². The van der Waals surface area contributed by atoms with Crippen molar-refractivity contribution in [3.8, 4) is 0 Å². The zero-order valence-corrected chi connectivity index (χ0v) is 13.8. The predicted octanol–water partition coefficient (Wildman–Crippen LogP) is 1.90. The van der Waals surface area contributed by atoms with Crippen LogP contribution in [0.5, 0.6) is 0 Å². The molecule has 1 aromatic heterocycles. The van der Waals surface area contributed by atoms with Gasteiger partial charge >= 0.3 is 0 Å². The number of hydrogen-bond acceptors (Lipinski definition) is 4. The molecular weight excluding hydrogens is 316 g/mol. The van der Waals surface area contributed by atoms with Gasteiger partial charge in [0.25, 0.3) is 0 Å². The largest absolute Gasteiger partial charge is 0.467 e. The Kier molecular flexibility index (Phi) is 5.57. The molecule has 0 radical (unpaired) electrons. The maximum atomic E-state index is 12.4. The van der Waals surface area contributed by atoms with Gasteiger partial charge in [-0.3, -0.25) is 4.79 Å². The average molecular weight is 336 g/mol. The Morgan fingerprint density at radius 2 is 1.83 bits per heavy atom. The molecule has 0 bridgehead atoms. The van der Waals surface area contributed by atoms with E-state index in [1.54, 1.807) is 44.2 Å². The molecule has 0 spiro atoms. The van der Waals surface area contributed by atoms with Crippen molar-refractivity contribution in [2.45, 2.75) is 31.3 Å². The molecule has 0 fully saturated rings. The Bertz CT molecular complexity index is 725. The molecule has 7 heteroatoms. The first kappa shape index (κ1) is 17.2. The summed E-state index contributed by atoms with van der Waals surface area (Å²) in [6, 6.07) is 10.6. The van der Waals surface area contributed by atoms with E-state index in [9.17, 15) is 13.2 Å². The van der Waals surface area contributed by atoms with Gasteiger partial charge in [0.1, 0.15) is 11.8 Å². The summed E-state index contributed by atoms with van der Waals surface area (Å²) in [4.78, 5) is 12.4. The first-order valence-electron chi connectivity index (χ1n) is 7.27. The van der Waals surface area contributed by atoms with Crippen molar-refractivity contribution in [1.29, 1.82) is 0 Å². The van der Waals surface area contributed by atoms with Crippen LogP contribution in [-0.2, 0) is 21.4 Å². The van der Waals surface area contributed by atoms with Crippen LogP contribution >= 0.6 is 0 Å². The minimum absolute atomic E-state index is 0.129. The molecule has 1 heterocycles. The van der Waals surface area contributed by atoms with Gasteiger partial charge in [0, 0.05) is 0 Å². The number of hydrogen-bond donors (Lipinski definition) is 2. The fourth-order valence-corrected chi connectivity index (χ4v) is 3.39. The highest BCUT2D eigenvalue weighted by molar-refractivity contribution is 7.89. The van der Waals surface area contributed by atoms with Gasteiger partial charge in [0.15, 0.2) is 0 Å². The Morgan fingerprint density at radius 3 is 2.39 bits per heavy atom. The third kappa shape index (κ3) is 4.67. The number of furan rings is 1. The molecule has 1 aromatic carbocycles. The summed E-state index contributed by atoms with van der Waals surface area (Å²) in [5, 5.41) is 2.68. The van der Waals surface area contributed by atoms with E-state index in [0.717, 1.165) is 0 Å². The lowest BCUT2D eigenvalue weighted by molar-refractivity contribution is -0.123. The monoisotopic (exact) mass is 336 g/mol. The lowest BCUT2D eigenvalue weighted by Crippen LogP contribution is -2.49. The van der Waals surface area contributed by atoms with E-state index in [4.69, 9.17) is 4.42 Å². The molecule has 0 saturated heterocycles. The van der Waals surface area contributed by atoms with Gasteiger partial charge in [0.05, 0.1) is 17.7 Å². The van der Waals surface area contributed by atoms with Gasteiger partial charge in [-0.2, -0.15) is 4.72 Å². The molecule has 2 rings (SSSR count). The third-order valence-electron chi connectivity index (χ3n) is 3.30. The molecule has 1 atom stereocenters. The first-order chi connectivity index (χ1) is 10.9. The summed E-state index contributed by atoms with van der Waals surface area (Å²) >= 11 is 0. The number of amides is 1. The minimum atomic E-state index is -3.76. The van der Waals surface area contributed by atoms with Gasteiger partial charge in [-0.1, -0.05) is 32.0 Å². The topological polar surface area (TPSA) is 88.4 Å². The summed E-state index contributed by atoms with van der Waals surface area (Å²) in [7, 11) is -3.76. The van der Waals surface area contributed by atoms with E-state index in [0.29, 0.717) is 5.76 Å². The number of benzene rings is 1. The predicted molar refractivity (Wildman–Crippen MR) is 85.9 cm³/mol. The maximum Gasteiger partial charge on any atom is 0.241 e. The number of sulfonamides is 1. The van der Waals surface area contributed by atoms with Crippen LogP contribution in [0.4, 0.5) is 0 Å². The number of carbonyl (C=O) groups excluding carboxylic acids is 1. The Morgan fingerprint density at radius 1 is 1.13 bits per heavy atom.